The molecule has 0 radical (unpaired) electrons. The standard InChI is InChI=1S/C13H16BrNO3/c1-8-4-5-9(2)10(6-8)12(16)15-7-11(14)13(17)18-3/h4-6,11H,7H2,1-3H3,(H,15,16). The van der Waals surface area contributed by atoms with Crippen LogP contribution in [0.4, 0.5) is 0 Å². The Morgan fingerprint density at radius 1 is 1.39 bits per heavy atom. The number of carbonyl (C=O) groups is 2. The molecule has 0 saturated heterocycles. The Hall–Kier alpha value is -1.36. The summed E-state index contributed by atoms with van der Waals surface area (Å²) < 4.78 is 4.56. The van der Waals surface area contributed by atoms with Gasteiger partial charge in [-0.3, -0.25) is 9.59 Å². The lowest BCUT2D eigenvalue weighted by Gasteiger charge is -2.11. The molecule has 1 rings (SSSR count). The first-order chi connectivity index (χ1) is 8.45. The van der Waals surface area contributed by atoms with Gasteiger partial charge in [0.1, 0.15) is 4.83 Å². The number of carbonyl (C=O) groups excluding carboxylic acids is 2. The van der Waals surface area contributed by atoms with E-state index in [4.69, 9.17) is 0 Å². The molecule has 18 heavy (non-hydrogen) atoms. The number of alkyl halides is 1. The number of nitrogens with one attached hydrogen (secondary N) is 1. The van der Waals surface area contributed by atoms with E-state index in [-0.39, 0.29) is 12.5 Å². The first-order valence-electron chi connectivity index (χ1n) is 5.53. The Balaban J connectivity index is 2.66. The maximum Gasteiger partial charge on any atom is 0.321 e. The molecule has 98 valence electrons. The predicted molar refractivity (Wildman–Crippen MR) is 73.0 cm³/mol. The number of amides is 1. The van der Waals surface area contributed by atoms with E-state index < -0.39 is 10.8 Å². The molecular formula is C13H16BrNO3. The zero-order valence-corrected chi connectivity index (χ0v) is 12.2. The van der Waals surface area contributed by atoms with Crippen LogP contribution in [0.1, 0.15) is 21.5 Å². The fraction of sp³-hybridized carbons (Fsp3) is 0.385. The fourth-order valence-corrected chi connectivity index (χ4v) is 1.82. The average Bonchev–Trinajstić information content (AvgIpc) is 2.37. The van der Waals surface area contributed by atoms with Gasteiger partial charge < -0.3 is 10.1 Å². The van der Waals surface area contributed by atoms with Crippen molar-refractivity contribution in [3.63, 3.8) is 0 Å². The third-order valence-corrected chi connectivity index (χ3v) is 3.23. The molecule has 1 aromatic rings. The van der Waals surface area contributed by atoms with E-state index in [2.05, 4.69) is 26.0 Å². The predicted octanol–water partition coefficient (Wildman–Crippen LogP) is 1.97. The summed E-state index contributed by atoms with van der Waals surface area (Å²) in [6.45, 7) is 4.00. The van der Waals surface area contributed by atoms with Crippen molar-refractivity contribution in [3.8, 4) is 0 Å². The summed E-state index contributed by atoms with van der Waals surface area (Å²) in [5, 5.41) is 2.70. The third kappa shape index (κ3) is 3.84. The quantitative estimate of drug-likeness (QED) is 0.683. The third-order valence-electron chi connectivity index (χ3n) is 2.54. The number of rotatable bonds is 4. The van der Waals surface area contributed by atoms with Gasteiger partial charge in [0.05, 0.1) is 7.11 Å². The van der Waals surface area contributed by atoms with Crippen LogP contribution < -0.4 is 5.32 Å². The SMILES string of the molecule is COC(=O)C(Br)CNC(=O)c1cc(C)ccc1C. The Labute approximate surface area is 115 Å². The summed E-state index contributed by atoms with van der Waals surface area (Å²) in [6.07, 6.45) is 0. The highest BCUT2D eigenvalue weighted by Gasteiger charge is 2.17. The van der Waals surface area contributed by atoms with E-state index in [0.29, 0.717) is 5.56 Å². The molecule has 0 aliphatic rings. The summed E-state index contributed by atoms with van der Waals surface area (Å²) in [7, 11) is 1.31. The smallest absolute Gasteiger partial charge is 0.321 e. The molecule has 1 unspecified atom stereocenters. The van der Waals surface area contributed by atoms with E-state index in [9.17, 15) is 9.59 Å². The Kier molecular flexibility index (Phi) is 5.34. The molecule has 4 nitrogen and oxygen atoms in total. The topological polar surface area (TPSA) is 55.4 Å². The Morgan fingerprint density at radius 2 is 2.06 bits per heavy atom. The Bertz CT molecular complexity index is 460. The van der Waals surface area contributed by atoms with Gasteiger partial charge in [-0.2, -0.15) is 0 Å². The second-order valence-electron chi connectivity index (χ2n) is 4.02. The lowest BCUT2D eigenvalue weighted by Crippen LogP contribution is -2.34. The molecule has 0 fully saturated rings. The van der Waals surface area contributed by atoms with Crippen LogP contribution in [0.25, 0.3) is 0 Å². The van der Waals surface area contributed by atoms with E-state index in [0.717, 1.165) is 11.1 Å². The van der Waals surface area contributed by atoms with Gasteiger partial charge in [-0.25, -0.2) is 0 Å². The van der Waals surface area contributed by atoms with Gasteiger partial charge in [0, 0.05) is 12.1 Å². The average molecular weight is 314 g/mol. The van der Waals surface area contributed by atoms with Crippen molar-refractivity contribution < 1.29 is 14.3 Å². The highest BCUT2D eigenvalue weighted by Crippen LogP contribution is 2.10. The zero-order valence-electron chi connectivity index (χ0n) is 10.6. The number of aryl methyl sites for hydroxylation is 2. The van der Waals surface area contributed by atoms with Crippen LogP contribution in [0.3, 0.4) is 0 Å². The van der Waals surface area contributed by atoms with Crippen molar-refractivity contribution in [1.82, 2.24) is 5.32 Å². The molecule has 0 saturated carbocycles. The van der Waals surface area contributed by atoms with Gasteiger partial charge in [0.2, 0.25) is 0 Å². The highest BCUT2D eigenvalue weighted by molar-refractivity contribution is 9.10. The molecule has 0 heterocycles. The second kappa shape index (κ2) is 6.54. The lowest BCUT2D eigenvalue weighted by atomic mass is 10.1. The molecule has 0 spiro atoms. The normalized spacial score (nSPS) is 11.8. The van der Waals surface area contributed by atoms with Gasteiger partial charge >= 0.3 is 5.97 Å². The van der Waals surface area contributed by atoms with Crippen molar-refractivity contribution in [1.29, 1.82) is 0 Å². The van der Waals surface area contributed by atoms with Gasteiger partial charge in [-0.15, -0.1) is 0 Å². The number of halogens is 1. The van der Waals surface area contributed by atoms with Gasteiger partial charge in [-0.1, -0.05) is 33.6 Å². The van der Waals surface area contributed by atoms with Crippen molar-refractivity contribution >= 4 is 27.8 Å². The lowest BCUT2D eigenvalue weighted by molar-refractivity contribution is -0.139. The molecule has 1 aromatic carbocycles. The highest BCUT2D eigenvalue weighted by atomic mass is 79.9. The van der Waals surface area contributed by atoms with Crippen LogP contribution in [0.15, 0.2) is 18.2 Å². The van der Waals surface area contributed by atoms with E-state index in [1.165, 1.54) is 7.11 Å². The summed E-state index contributed by atoms with van der Waals surface area (Å²) in [5.74, 6) is -0.596. The minimum absolute atomic E-state index is 0.190. The molecule has 0 aromatic heterocycles. The van der Waals surface area contributed by atoms with Crippen LogP contribution in [-0.4, -0.2) is 30.4 Å². The van der Waals surface area contributed by atoms with E-state index >= 15 is 0 Å². The summed E-state index contributed by atoms with van der Waals surface area (Å²) >= 11 is 3.15. The monoisotopic (exact) mass is 313 g/mol. The van der Waals surface area contributed by atoms with Crippen LogP contribution >= 0.6 is 15.9 Å². The Morgan fingerprint density at radius 3 is 2.67 bits per heavy atom. The van der Waals surface area contributed by atoms with Crippen LogP contribution in [-0.2, 0) is 9.53 Å². The molecule has 0 aliphatic carbocycles. The van der Waals surface area contributed by atoms with Gasteiger partial charge in [-0.05, 0) is 25.5 Å². The molecular weight excluding hydrogens is 298 g/mol. The van der Waals surface area contributed by atoms with Gasteiger partial charge in [0.25, 0.3) is 5.91 Å². The zero-order chi connectivity index (χ0) is 13.7. The molecule has 5 heteroatoms. The maximum absolute atomic E-state index is 11.9. The fourth-order valence-electron chi connectivity index (χ4n) is 1.47. The van der Waals surface area contributed by atoms with E-state index in [1.54, 1.807) is 0 Å². The maximum atomic E-state index is 11.9. The van der Waals surface area contributed by atoms with Crippen molar-refractivity contribution in [3.05, 3.63) is 34.9 Å². The number of ether oxygens (including phenoxy) is 1. The number of hydrogen-bond acceptors (Lipinski definition) is 3. The minimum Gasteiger partial charge on any atom is -0.468 e. The number of benzene rings is 1. The number of hydrogen-bond donors (Lipinski definition) is 1. The van der Waals surface area contributed by atoms with Crippen LogP contribution in [0.2, 0.25) is 0 Å². The largest absolute Gasteiger partial charge is 0.468 e. The number of methoxy groups -OCH3 is 1. The molecule has 0 aliphatic heterocycles. The second-order valence-corrected chi connectivity index (χ2v) is 5.12. The first-order valence-corrected chi connectivity index (χ1v) is 6.44. The minimum atomic E-state index is -0.531. The van der Waals surface area contributed by atoms with E-state index in [1.807, 2.05) is 32.0 Å². The van der Waals surface area contributed by atoms with Crippen LogP contribution in [0, 0.1) is 13.8 Å². The molecule has 1 amide bonds. The summed E-state index contributed by atoms with van der Waals surface area (Å²) in [4.78, 5) is 22.6. The first kappa shape index (κ1) is 14.7. The van der Waals surface area contributed by atoms with Crippen molar-refractivity contribution in [2.45, 2.75) is 18.7 Å². The van der Waals surface area contributed by atoms with Crippen molar-refractivity contribution in [2.24, 2.45) is 0 Å². The summed E-state index contributed by atoms with van der Waals surface area (Å²) in [6, 6.07) is 5.68. The summed E-state index contributed by atoms with van der Waals surface area (Å²) in [5.41, 5.74) is 2.55. The van der Waals surface area contributed by atoms with Gasteiger partial charge in [0.15, 0.2) is 0 Å². The molecule has 0 bridgehead atoms. The van der Waals surface area contributed by atoms with Crippen LogP contribution in [0.5, 0.6) is 0 Å². The molecule has 1 atom stereocenters. The molecule has 1 N–H and O–H groups in total. The van der Waals surface area contributed by atoms with Crippen molar-refractivity contribution in [2.75, 3.05) is 13.7 Å². The number of esters is 1.